The fraction of sp³-hybridized carbons (Fsp3) is 0.526. The quantitative estimate of drug-likeness (QED) is 0.835. The van der Waals surface area contributed by atoms with Crippen LogP contribution in [0.15, 0.2) is 29.8 Å². The molecule has 0 saturated carbocycles. The van der Waals surface area contributed by atoms with Crippen molar-refractivity contribution >= 4 is 23.2 Å². The van der Waals surface area contributed by atoms with E-state index >= 15 is 0 Å². The van der Waals surface area contributed by atoms with Crippen LogP contribution in [-0.4, -0.2) is 47.6 Å². The predicted molar refractivity (Wildman–Crippen MR) is 94.6 cm³/mol. The SMILES string of the molecule is CC1(CC(=O)N2CCOCC2)SCCC2=C1Cc1ccccc12. The second kappa shape index (κ2) is 5.99. The van der Waals surface area contributed by atoms with E-state index in [0.29, 0.717) is 19.6 Å². The van der Waals surface area contributed by atoms with Crippen LogP contribution in [0.3, 0.4) is 0 Å². The van der Waals surface area contributed by atoms with Gasteiger partial charge in [0, 0.05) is 24.3 Å². The summed E-state index contributed by atoms with van der Waals surface area (Å²) in [5, 5.41) is 0. The Morgan fingerprint density at radius 1 is 1.30 bits per heavy atom. The molecule has 2 aliphatic heterocycles. The number of hydrogen-bond acceptors (Lipinski definition) is 3. The number of allylic oxidation sites excluding steroid dienone is 1. The van der Waals surface area contributed by atoms with Crippen molar-refractivity contribution in [2.45, 2.75) is 30.9 Å². The standard InChI is InChI=1S/C19H23NO2S/c1-19(13-18(21)20-7-9-22-10-8-20)17-12-14-4-2-3-5-15(14)16(17)6-11-23-19/h2-5H,6-13H2,1H3. The number of morpholine rings is 1. The van der Waals surface area contributed by atoms with Gasteiger partial charge in [-0.25, -0.2) is 0 Å². The van der Waals surface area contributed by atoms with Crippen molar-refractivity contribution in [2.75, 3.05) is 32.1 Å². The lowest BCUT2D eigenvalue weighted by Gasteiger charge is -2.37. The third-order valence-electron chi connectivity index (χ3n) is 5.34. The molecule has 3 aliphatic rings. The molecule has 1 unspecified atom stereocenters. The normalized spacial score (nSPS) is 26.9. The first kappa shape index (κ1) is 15.3. The third kappa shape index (κ3) is 2.72. The van der Waals surface area contributed by atoms with Crippen molar-refractivity contribution in [2.24, 2.45) is 0 Å². The molecule has 0 radical (unpaired) electrons. The molecule has 1 saturated heterocycles. The molecule has 3 nitrogen and oxygen atoms in total. The van der Waals surface area contributed by atoms with Crippen LogP contribution in [0.1, 0.15) is 30.9 Å². The monoisotopic (exact) mass is 329 g/mol. The van der Waals surface area contributed by atoms with Gasteiger partial charge in [0.25, 0.3) is 0 Å². The van der Waals surface area contributed by atoms with Gasteiger partial charge in [0.05, 0.1) is 13.2 Å². The molecule has 0 bridgehead atoms. The zero-order valence-electron chi connectivity index (χ0n) is 13.6. The average molecular weight is 329 g/mol. The molecule has 0 N–H and O–H groups in total. The number of hydrogen-bond donors (Lipinski definition) is 0. The summed E-state index contributed by atoms with van der Waals surface area (Å²) in [5.74, 6) is 1.40. The third-order valence-corrected chi connectivity index (χ3v) is 6.77. The van der Waals surface area contributed by atoms with Crippen molar-refractivity contribution in [1.82, 2.24) is 4.90 Å². The maximum Gasteiger partial charge on any atom is 0.224 e. The van der Waals surface area contributed by atoms with Gasteiger partial charge in [0.15, 0.2) is 0 Å². The lowest BCUT2D eigenvalue weighted by Crippen LogP contribution is -2.44. The van der Waals surface area contributed by atoms with Crippen LogP contribution in [0, 0.1) is 0 Å². The van der Waals surface area contributed by atoms with Crippen molar-refractivity contribution in [3.05, 3.63) is 41.0 Å². The van der Waals surface area contributed by atoms with Crippen LogP contribution < -0.4 is 0 Å². The van der Waals surface area contributed by atoms with Gasteiger partial charge >= 0.3 is 0 Å². The minimum absolute atomic E-state index is 0.0536. The van der Waals surface area contributed by atoms with Gasteiger partial charge in [-0.3, -0.25) is 4.79 Å². The molecule has 4 heteroatoms. The summed E-state index contributed by atoms with van der Waals surface area (Å²) in [6.07, 6.45) is 2.77. The van der Waals surface area contributed by atoms with E-state index < -0.39 is 0 Å². The Hall–Kier alpha value is -1.26. The Kier molecular flexibility index (Phi) is 3.98. The molecular weight excluding hydrogens is 306 g/mol. The largest absolute Gasteiger partial charge is 0.378 e. The first-order valence-corrected chi connectivity index (χ1v) is 9.46. The highest BCUT2D eigenvalue weighted by atomic mass is 32.2. The summed E-state index contributed by atoms with van der Waals surface area (Å²) < 4.78 is 5.31. The summed E-state index contributed by atoms with van der Waals surface area (Å²) >= 11 is 1.97. The van der Waals surface area contributed by atoms with Gasteiger partial charge in [-0.05, 0) is 47.8 Å². The number of carbonyl (C=O) groups is 1. The molecule has 1 amide bonds. The number of rotatable bonds is 2. The van der Waals surface area contributed by atoms with Crippen LogP contribution in [-0.2, 0) is 16.0 Å². The molecule has 1 atom stereocenters. The van der Waals surface area contributed by atoms with Gasteiger partial charge in [0.1, 0.15) is 0 Å². The molecular formula is C19H23NO2S. The number of carbonyl (C=O) groups excluding carboxylic acids is 1. The molecule has 4 rings (SSSR count). The average Bonchev–Trinajstić information content (AvgIpc) is 2.96. The Morgan fingerprint density at radius 2 is 2.09 bits per heavy atom. The van der Waals surface area contributed by atoms with Crippen LogP contribution in [0.5, 0.6) is 0 Å². The van der Waals surface area contributed by atoms with Gasteiger partial charge in [-0.2, -0.15) is 11.8 Å². The van der Waals surface area contributed by atoms with E-state index in [1.165, 1.54) is 22.3 Å². The second-order valence-electron chi connectivity index (χ2n) is 6.79. The molecule has 0 aromatic heterocycles. The molecule has 1 fully saturated rings. The van der Waals surface area contributed by atoms with Crippen molar-refractivity contribution in [1.29, 1.82) is 0 Å². The van der Waals surface area contributed by atoms with E-state index in [1.807, 2.05) is 16.7 Å². The molecule has 23 heavy (non-hydrogen) atoms. The highest BCUT2D eigenvalue weighted by Gasteiger charge is 2.41. The number of thioether (sulfide) groups is 1. The maximum absolute atomic E-state index is 12.8. The van der Waals surface area contributed by atoms with E-state index in [2.05, 4.69) is 31.2 Å². The summed E-state index contributed by atoms with van der Waals surface area (Å²) in [6.45, 7) is 5.11. The van der Waals surface area contributed by atoms with Gasteiger partial charge < -0.3 is 9.64 Å². The van der Waals surface area contributed by atoms with Crippen LogP contribution in [0.25, 0.3) is 5.57 Å². The molecule has 122 valence electrons. The summed E-state index contributed by atoms with van der Waals surface area (Å²) in [5.41, 5.74) is 5.87. The van der Waals surface area contributed by atoms with Gasteiger partial charge in [-0.1, -0.05) is 24.3 Å². The summed E-state index contributed by atoms with van der Waals surface area (Å²) in [6, 6.07) is 8.74. The second-order valence-corrected chi connectivity index (χ2v) is 8.39. The zero-order valence-corrected chi connectivity index (χ0v) is 14.5. The first-order chi connectivity index (χ1) is 11.2. The predicted octanol–water partition coefficient (Wildman–Crippen LogP) is 3.14. The molecule has 1 aromatic carbocycles. The van der Waals surface area contributed by atoms with Gasteiger partial charge in [0.2, 0.25) is 5.91 Å². The maximum atomic E-state index is 12.8. The Balaban J connectivity index is 1.58. The van der Waals surface area contributed by atoms with Crippen LogP contribution >= 0.6 is 11.8 Å². The Labute approximate surface area is 142 Å². The number of fused-ring (bicyclic) bond motifs is 2. The summed E-state index contributed by atoms with van der Waals surface area (Å²) in [7, 11) is 0. The zero-order chi connectivity index (χ0) is 15.9. The highest BCUT2D eigenvalue weighted by Crippen LogP contribution is 2.51. The first-order valence-electron chi connectivity index (χ1n) is 8.48. The van der Waals surface area contributed by atoms with E-state index in [4.69, 9.17) is 4.74 Å². The minimum Gasteiger partial charge on any atom is -0.378 e. The number of nitrogens with zero attached hydrogens (tertiary/aromatic N) is 1. The topological polar surface area (TPSA) is 29.5 Å². The van der Waals surface area contributed by atoms with Gasteiger partial charge in [-0.15, -0.1) is 0 Å². The lowest BCUT2D eigenvalue weighted by atomic mass is 9.90. The van der Waals surface area contributed by atoms with Crippen LogP contribution in [0.4, 0.5) is 0 Å². The molecule has 0 spiro atoms. The number of ether oxygens (including phenoxy) is 1. The highest BCUT2D eigenvalue weighted by molar-refractivity contribution is 8.00. The van der Waals surface area contributed by atoms with Crippen LogP contribution in [0.2, 0.25) is 0 Å². The van der Waals surface area contributed by atoms with E-state index in [0.717, 1.165) is 31.7 Å². The minimum atomic E-state index is -0.0536. The van der Waals surface area contributed by atoms with E-state index in [-0.39, 0.29) is 10.7 Å². The molecule has 2 heterocycles. The van der Waals surface area contributed by atoms with Crippen molar-refractivity contribution < 1.29 is 9.53 Å². The Morgan fingerprint density at radius 3 is 2.91 bits per heavy atom. The van der Waals surface area contributed by atoms with E-state index in [9.17, 15) is 4.79 Å². The molecule has 1 aromatic rings. The lowest BCUT2D eigenvalue weighted by molar-refractivity contribution is -0.135. The van der Waals surface area contributed by atoms with E-state index in [1.54, 1.807) is 0 Å². The fourth-order valence-electron chi connectivity index (χ4n) is 4.06. The Bertz CT molecular complexity index is 663. The number of benzene rings is 1. The smallest absolute Gasteiger partial charge is 0.224 e. The molecule has 1 aliphatic carbocycles. The number of amides is 1. The van der Waals surface area contributed by atoms with Crippen molar-refractivity contribution in [3.8, 4) is 0 Å². The van der Waals surface area contributed by atoms with Crippen molar-refractivity contribution in [3.63, 3.8) is 0 Å². The summed E-state index contributed by atoms with van der Waals surface area (Å²) in [4.78, 5) is 14.7. The fourth-order valence-corrected chi connectivity index (χ4v) is 5.41.